The summed E-state index contributed by atoms with van der Waals surface area (Å²) in [5.41, 5.74) is 0.876. The number of rotatable bonds is 8. The average Bonchev–Trinajstić information content (AvgIpc) is 3.18. The van der Waals surface area contributed by atoms with Gasteiger partial charge in [0.2, 0.25) is 10.0 Å². The van der Waals surface area contributed by atoms with Gasteiger partial charge in [-0.15, -0.1) is 11.3 Å². The Bertz CT molecular complexity index is 950. The van der Waals surface area contributed by atoms with Crippen LogP contribution in [0.1, 0.15) is 41.6 Å². The van der Waals surface area contributed by atoms with Gasteiger partial charge in [0.1, 0.15) is 0 Å². The minimum Gasteiger partial charge on any atom is -0.357 e. The Morgan fingerprint density at radius 1 is 1.23 bits per heavy atom. The van der Waals surface area contributed by atoms with E-state index < -0.39 is 10.0 Å². The van der Waals surface area contributed by atoms with E-state index in [0.717, 1.165) is 55.3 Å². The van der Waals surface area contributed by atoms with Crippen molar-refractivity contribution >= 4 is 27.3 Å². The molecule has 0 aliphatic carbocycles. The van der Waals surface area contributed by atoms with Crippen LogP contribution in [-0.4, -0.2) is 49.8 Å². The predicted octanol–water partition coefficient (Wildman–Crippen LogP) is 2.92. The Labute approximate surface area is 183 Å². The van der Waals surface area contributed by atoms with Crippen LogP contribution in [0.15, 0.2) is 40.4 Å². The molecule has 1 aromatic carbocycles. The summed E-state index contributed by atoms with van der Waals surface area (Å²) in [5, 5.41) is 7.66. The van der Waals surface area contributed by atoms with E-state index in [0.29, 0.717) is 24.5 Å². The molecule has 0 saturated carbocycles. The fraction of sp³-hybridized carbons (Fsp3) is 0.524. The molecule has 9 heteroatoms. The molecule has 2 N–H and O–H groups in total. The van der Waals surface area contributed by atoms with Gasteiger partial charge in [-0.25, -0.2) is 18.4 Å². The molecule has 0 amide bonds. The van der Waals surface area contributed by atoms with E-state index in [9.17, 15) is 8.42 Å². The summed E-state index contributed by atoms with van der Waals surface area (Å²) in [5.74, 6) is 0.718. The summed E-state index contributed by atoms with van der Waals surface area (Å²) in [4.78, 5) is 10.6. The first-order chi connectivity index (χ1) is 14.5. The lowest BCUT2D eigenvalue weighted by molar-refractivity contribution is 0.346. The van der Waals surface area contributed by atoms with Gasteiger partial charge in [0.25, 0.3) is 0 Å². The number of sulfonamides is 1. The molecule has 3 rings (SSSR count). The van der Waals surface area contributed by atoms with E-state index in [1.807, 2.05) is 19.2 Å². The molecule has 164 valence electrons. The Hall–Kier alpha value is -1.97. The maximum absolute atomic E-state index is 12.9. The highest BCUT2D eigenvalue weighted by atomic mass is 32.2. The molecule has 0 bridgehead atoms. The lowest BCUT2D eigenvalue weighted by Gasteiger charge is -2.26. The van der Waals surface area contributed by atoms with Gasteiger partial charge in [0, 0.05) is 43.7 Å². The first kappa shape index (κ1) is 22.7. The highest BCUT2D eigenvalue weighted by Crippen LogP contribution is 2.21. The molecular weight excluding hydrogens is 418 g/mol. The highest BCUT2D eigenvalue weighted by Gasteiger charge is 2.25. The van der Waals surface area contributed by atoms with Crippen LogP contribution >= 0.6 is 11.3 Å². The van der Waals surface area contributed by atoms with E-state index in [2.05, 4.69) is 27.5 Å². The minimum absolute atomic E-state index is 0.356. The Morgan fingerprint density at radius 3 is 2.73 bits per heavy atom. The summed E-state index contributed by atoms with van der Waals surface area (Å²) < 4.78 is 27.4. The van der Waals surface area contributed by atoms with Crippen LogP contribution in [0.5, 0.6) is 0 Å². The van der Waals surface area contributed by atoms with E-state index >= 15 is 0 Å². The number of nitrogens with zero attached hydrogens (tertiary/aromatic N) is 3. The largest absolute Gasteiger partial charge is 0.357 e. The average molecular weight is 450 g/mol. The van der Waals surface area contributed by atoms with Crippen molar-refractivity contribution in [1.82, 2.24) is 19.9 Å². The van der Waals surface area contributed by atoms with Gasteiger partial charge in [-0.3, -0.25) is 0 Å². The summed E-state index contributed by atoms with van der Waals surface area (Å²) in [7, 11) is -3.43. The van der Waals surface area contributed by atoms with Crippen molar-refractivity contribution in [2.24, 2.45) is 4.99 Å². The molecule has 2 heterocycles. The van der Waals surface area contributed by atoms with Crippen LogP contribution in [0.4, 0.5) is 0 Å². The second-order valence-corrected chi connectivity index (χ2v) is 10.6. The number of guanidine groups is 1. The van der Waals surface area contributed by atoms with E-state index in [-0.39, 0.29) is 0 Å². The molecule has 7 nitrogen and oxygen atoms in total. The molecule has 1 saturated heterocycles. The van der Waals surface area contributed by atoms with Crippen LogP contribution in [0.3, 0.4) is 0 Å². The van der Waals surface area contributed by atoms with Crippen molar-refractivity contribution < 1.29 is 8.42 Å². The molecule has 0 unspecified atom stereocenters. The number of aryl methyl sites for hydroxylation is 1. The summed E-state index contributed by atoms with van der Waals surface area (Å²) in [6.07, 6.45) is 5.70. The van der Waals surface area contributed by atoms with Gasteiger partial charge in [-0.05, 0) is 44.4 Å². The summed E-state index contributed by atoms with van der Waals surface area (Å²) >= 11 is 1.71. The molecule has 2 aromatic rings. The quantitative estimate of drug-likeness (QED) is 0.478. The lowest BCUT2D eigenvalue weighted by Crippen LogP contribution is -2.38. The molecule has 0 spiro atoms. The van der Waals surface area contributed by atoms with E-state index in [4.69, 9.17) is 0 Å². The number of benzene rings is 1. The normalized spacial score (nSPS) is 15.9. The molecule has 1 aliphatic rings. The maximum Gasteiger partial charge on any atom is 0.243 e. The van der Waals surface area contributed by atoms with Crippen molar-refractivity contribution in [2.45, 2.75) is 51.0 Å². The molecule has 1 fully saturated rings. The van der Waals surface area contributed by atoms with Crippen molar-refractivity contribution in [3.63, 3.8) is 0 Å². The molecule has 1 aliphatic heterocycles. The molecule has 0 radical (unpaired) electrons. The van der Waals surface area contributed by atoms with Crippen molar-refractivity contribution in [2.75, 3.05) is 26.2 Å². The standard InChI is InChI=1S/C21H31N5O2S2/c1-3-22-21(23-11-10-20-24-15-17(2)29-20)25-16-18-8-7-9-19(14-18)30(27,28)26-12-5-4-6-13-26/h7-9,14-15H,3-6,10-13,16H2,1-2H3,(H2,22,23,25). The van der Waals surface area contributed by atoms with Gasteiger partial charge in [0.05, 0.1) is 16.4 Å². The molecule has 0 atom stereocenters. The topological polar surface area (TPSA) is 86.7 Å². The van der Waals surface area contributed by atoms with Gasteiger partial charge in [0.15, 0.2) is 5.96 Å². The van der Waals surface area contributed by atoms with Crippen molar-refractivity contribution in [3.8, 4) is 0 Å². The van der Waals surface area contributed by atoms with Gasteiger partial charge in [-0.2, -0.15) is 4.31 Å². The number of hydrogen-bond acceptors (Lipinski definition) is 5. The van der Waals surface area contributed by atoms with Crippen LogP contribution < -0.4 is 10.6 Å². The SMILES string of the molecule is CCNC(=NCc1cccc(S(=O)(=O)N2CCCCC2)c1)NCCc1ncc(C)s1. The lowest BCUT2D eigenvalue weighted by atomic mass is 10.2. The third kappa shape index (κ3) is 6.26. The fourth-order valence-electron chi connectivity index (χ4n) is 3.38. The molecule has 1 aromatic heterocycles. The number of nitrogens with one attached hydrogen (secondary N) is 2. The zero-order valence-electron chi connectivity index (χ0n) is 17.7. The second kappa shape index (κ2) is 10.9. The smallest absolute Gasteiger partial charge is 0.243 e. The first-order valence-electron chi connectivity index (χ1n) is 10.5. The van der Waals surface area contributed by atoms with Crippen LogP contribution in [0, 0.1) is 6.92 Å². The highest BCUT2D eigenvalue weighted by molar-refractivity contribution is 7.89. The maximum atomic E-state index is 12.9. The van der Waals surface area contributed by atoms with Crippen molar-refractivity contribution in [1.29, 1.82) is 0 Å². The number of thiazole rings is 1. The first-order valence-corrected chi connectivity index (χ1v) is 12.8. The van der Waals surface area contributed by atoms with Crippen LogP contribution in [0.2, 0.25) is 0 Å². The zero-order valence-corrected chi connectivity index (χ0v) is 19.4. The minimum atomic E-state index is -3.43. The van der Waals surface area contributed by atoms with Gasteiger partial charge < -0.3 is 10.6 Å². The van der Waals surface area contributed by atoms with Gasteiger partial charge in [-0.1, -0.05) is 18.6 Å². The Balaban J connectivity index is 1.63. The number of aromatic nitrogens is 1. The van der Waals surface area contributed by atoms with E-state index in [1.54, 1.807) is 33.8 Å². The predicted molar refractivity (Wildman–Crippen MR) is 122 cm³/mol. The summed E-state index contributed by atoms with van der Waals surface area (Å²) in [6.45, 7) is 7.20. The number of piperidine rings is 1. The van der Waals surface area contributed by atoms with Crippen LogP contribution in [0.25, 0.3) is 0 Å². The second-order valence-electron chi connectivity index (χ2n) is 7.35. The third-order valence-corrected chi connectivity index (χ3v) is 7.78. The number of hydrogen-bond donors (Lipinski definition) is 2. The van der Waals surface area contributed by atoms with Gasteiger partial charge >= 0.3 is 0 Å². The fourth-order valence-corrected chi connectivity index (χ4v) is 5.75. The zero-order chi connectivity index (χ0) is 21.4. The van der Waals surface area contributed by atoms with E-state index in [1.165, 1.54) is 4.88 Å². The summed E-state index contributed by atoms with van der Waals surface area (Å²) in [6, 6.07) is 7.14. The monoisotopic (exact) mass is 449 g/mol. The molecule has 30 heavy (non-hydrogen) atoms. The number of aliphatic imine (C=N–C) groups is 1. The molecular formula is C21H31N5O2S2. The Morgan fingerprint density at radius 2 is 2.03 bits per heavy atom. The van der Waals surface area contributed by atoms with Crippen LogP contribution in [-0.2, 0) is 23.0 Å². The third-order valence-electron chi connectivity index (χ3n) is 4.92. The van der Waals surface area contributed by atoms with Crippen molar-refractivity contribution in [3.05, 3.63) is 45.9 Å². The Kier molecular flexibility index (Phi) is 8.24.